The molecule has 0 saturated carbocycles. The molecular formula is C21H20N4O4. The lowest BCUT2D eigenvalue weighted by Gasteiger charge is -2.34. The number of fused-ring (bicyclic) bond motifs is 1. The second-order valence-corrected chi connectivity index (χ2v) is 7.11. The molecule has 1 aliphatic heterocycles. The van der Waals surface area contributed by atoms with Gasteiger partial charge in [0.2, 0.25) is 5.95 Å². The highest BCUT2D eigenvalue weighted by molar-refractivity contribution is 6.00. The predicted molar refractivity (Wildman–Crippen MR) is 104 cm³/mol. The Morgan fingerprint density at radius 2 is 2.03 bits per heavy atom. The number of carbonyl (C=O) groups is 1. The summed E-state index contributed by atoms with van der Waals surface area (Å²) in [5.74, 6) is 2.69. The van der Waals surface area contributed by atoms with Gasteiger partial charge in [-0.3, -0.25) is 4.79 Å². The second kappa shape index (κ2) is 6.80. The van der Waals surface area contributed by atoms with Crippen LogP contribution < -0.4 is 14.8 Å². The number of hydrogen-bond donors (Lipinski definition) is 1. The van der Waals surface area contributed by atoms with Crippen molar-refractivity contribution in [2.24, 2.45) is 0 Å². The molecule has 29 heavy (non-hydrogen) atoms. The number of methoxy groups -OCH3 is 2. The van der Waals surface area contributed by atoms with Crippen molar-refractivity contribution in [3.8, 4) is 11.5 Å². The maximum atomic E-state index is 13.3. The number of nitrogens with one attached hydrogen (secondary N) is 1. The molecule has 0 saturated heterocycles. The maximum absolute atomic E-state index is 13.3. The van der Waals surface area contributed by atoms with Crippen molar-refractivity contribution in [1.82, 2.24) is 14.8 Å². The van der Waals surface area contributed by atoms with Gasteiger partial charge < -0.3 is 19.2 Å². The minimum absolute atomic E-state index is 0.0280. The van der Waals surface area contributed by atoms with Crippen LogP contribution in [-0.4, -0.2) is 34.8 Å². The van der Waals surface area contributed by atoms with Crippen molar-refractivity contribution in [3.63, 3.8) is 0 Å². The molecule has 1 aromatic carbocycles. The van der Waals surface area contributed by atoms with E-state index in [0.29, 0.717) is 41.6 Å². The van der Waals surface area contributed by atoms with E-state index in [1.807, 2.05) is 30.3 Å². The largest absolute Gasteiger partial charge is 0.493 e. The minimum Gasteiger partial charge on any atom is -0.493 e. The van der Waals surface area contributed by atoms with E-state index < -0.39 is 6.04 Å². The fraction of sp³-hybridized carbons (Fsp3) is 0.286. The number of allylic oxidation sites excluding steroid dienone is 2. The van der Waals surface area contributed by atoms with Crippen LogP contribution in [0.1, 0.15) is 36.1 Å². The SMILES string of the molecule is COc1ccc([C@H]2CC(=O)C3=C(C2)Nc2ncnn2[C@H]3c2ccco2)cc1OC. The number of aromatic nitrogens is 3. The molecule has 2 aromatic heterocycles. The summed E-state index contributed by atoms with van der Waals surface area (Å²) in [5.41, 5.74) is 2.59. The molecule has 3 aromatic rings. The van der Waals surface area contributed by atoms with Gasteiger partial charge >= 0.3 is 0 Å². The Balaban J connectivity index is 1.54. The van der Waals surface area contributed by atoms with Crippen LogP contribution in [0.5, 0.6) is 11.5 Å². The molecule has 0 spiro atoms. The highest BCUT2D eigenvalue weighted by atomic mass is 16.5. The van der Waals surface area contributed by atoms with Crippen LogP contribution in [0.4, 0.5) is 5.95 Å². The lowest BCUT2D eigenvalue weighted by Crippen LogP contribution is -2.33. The van der Waals surface area contributed by atoms with Crippen LogP contribution in [0.15, 0.2) is 58.6 Å². The van der Waals surface area contributed by atoms with E-state index in [1.165, 1.54) is 6.33 Å². The van der Waals surface area contributed by atoms with Crippen molar-refractivity contribution in [2.75, 3.05) is 19.5 Å². The van der Waals surface area contributed by atoms with Crippen molar-refractivity contribution >= 4 is 11.7 Å². The van der Waals surface area contributed by atoms with Crippen molar-refractivity contribution in [2.45, 2.75) is 24.8 Å². The minimum atomic E-state index is -0.405. The third kappa shape index (κ3) is 2.79. The number of carbonyl (C=O) groups excluding carboxylic acids is 1. The van der Waals surface area contributed by atoms with Gasteiger partial charge in [-0.25, -0.2) is 4.68 Å². The van der Waals surface area contributed by atoms with Gasteiger partial charge in [-0.1, -0.05) is 6.07 Å². The average molecular weight is 392 g/mol. The van der Waals surface area contributed by atoms with Crippen LogP contribution in [-0.2, 0) is 4.79 Å². The highest BCUT2D eigenvalue weighted by Crippen LogP contribution is 2.44. The first-order chi connectivity index (χ1) is 14.2. The first-order valence-electron chi connectivity index (χ1n) is 9.37. The molecule has 0 radical (unpaired) electrons. The molecule has 2 atom stereocenters. The normalized spacial score (nSPS) is 20.7. The number of anilines is 1. The zero-order valence-electron chi connectivity index (χ0n) is 16.1. The second-order valence-electron chi connectivity index (χ2n) is 7.11. The van der Waals surface area contributed by atoms with Crippen LogP contribution >= 0.6 is 0 Å². The fourth-order valence-corrected chi connectivity index (χ4v) is 4.20. The summed E-state index contributed by atoms with van der Waals surface area (Å²) in [6, 6.07) is 9.07. The molecular weight excluding hydrogens is 372 g/mol. The first kappa shape index (κ1) is 17.5. The Kier molecular flexibility index (Phi) is 4.12. The number of benzene rings is 1. The van der Waals surface area contributed by atoms with Gasteiger partial charge in [0.1, 0.15) is 18.1 Å². The van der Waals surface area contributed by atoms with E-state index in [2.05, 4.69) is 15.4 Å². The zero-order valence-corrected chi connectivity index (χ0v) is 16.1. The van der Waals surface area contributed by atoms with Gasteiger partial charge in [0.25, 0.3) is 0 Å². The number of ketones is 1. The highest BCUT2D eigenvalue weighted by Gasteiger charge is 2.40. The van der Waals surface area contributed by atoms with Crippen LogP contribution in [0, 0.1) is 0 Å². The van der Waals surface area contributed by atoms with Crippen molar-refractivity contribution in [1.29, 1.82) is 0 Å². The van der Waals surface area contributed by atoms with E-state index in [0.717, 1.165) is 11.3 Å². The summed E-state index contributed by atoms with van der Waals surface area (Å²) < 4.78 is 18.1. The number of Topliss-reactive ketones (excluding diaryl/α,β-unsaturated/α-hetero) is 1. The molecule has 8 nitrogen and oxygen atoms in total. The Morgan fingerprint density at radius 1 is 1.17 bits per heavy atom. The molecule has 2 aliphatic rings. The molecule has 0 unspecified atom stereocenters. The summed E-state index contributed by atoms with van der Waals surface area (Å²) in [5, 5.41) is 7.61. The Bertz CT molecular complexity index is 1100. The summed E-state index contributed by atoms with van der Waals surface area (Å²) in [4.78, 5) is 17.6. The lowest BCUT2D eigenvalue weighted by atomic mass is 9.78. The number of rotatable bonds is 4. The van der Waals surface area contributed by atoms with E-state index in [1.54, 1.807) is 25.2 Å². The summed E-state index contributed by atoms with van der Waals surface area (Å²) in [6.45, 7) is 0. The molecule has 148 valence electrons. The predicted octanol–water partition coefficient (Wildman–Crippen LogP) is 3.30. The van der Waals surface area contributed by atoms with Crippen LogP contribution in [0.25, 0.3) is 0 Å². The van der Waals surface area contributed by atoms with Gasteiger partial charge in [-0.05, 0) is 42.2 Å². The van der Waals surface area contributed by atoms with Crippen LogP contribution in [0.3, 0.4) is 0 Å². The van der Waals surface area contributed by atoms with Crippen molar-refractivity contribution in [3.05, 3.63) is 65.5 Å². The first-order valence-corrected chi connectivity index (χ1v) is 9.37. The van der Waals surface area contributed by atoms with Gasteiger partial charge in [-0.2, -0.15) is 10.1 Å². The summed E-state index contributed by atoms with van der Waals surface area (Å²) >= 11 is 0. The molecule has 8 heteroatoms. The number of nitrogens with zero attached hydrogens (tertiary/aromatic N) is 3. The number of ether oxygens (including phenoxy) is 2. The third-order valence-corrected chi connectivity index (χ3v) is 5.55. The van der Waals surface area contributed by atoms with E-state index in [-0.39, 0.29) is 11.7 Å². The van der Waals surface area contributed by atoms with E-state index in [9.17, 15) is 4.79 Å². The fourth-order valence-electron chi connectivity index (χ4n) is 4.20. The molecule has 0 fully saturated rings. The molecule has 3 heterocycles. The molecule has 5 rings (SSSR count). The molecule has 0 amide bonds. The quantitative estimate of drug-likeness (QED) is 0.728. The third-order valence-electron chi connectivity index (χ3n) is 5.55. The smallest absolute Gasteiger partial charge is 0.226 e. The number of hydrogen-bond acceptors (Lipinski definition) is 7. The molecule has 1 N–H and O–H groups in total. The number of furan rings is 1. The molecule has 1 aliphatic carbocycles. The van der Waals surface area contributed by atoms with E-state index >= 15 is 0 Å². The van der Waals surface area contributed by atoms with Gasteiger partial charge in [-0.15, -0.1) is 0 Å². The van der Waals surface area contributed by atoms with Gasteiger partial charge in [0.15, 0.2) is 17.3 Å². The van der Waals surface area contributed by atoms with Gasteiger partial charge in [0.05, 0.1) is 20.5 Å². The van der Waals surface area contributed by atoms with Crippen LogP contribution in [0.2, 0.25) is 0 Å². The standard InChI is InChI=1S/C21H20N4O4/c1-27-16-6-5-12(10-18(16)28-2)13-8-14-19(15(26)9-13)20(17-4-3-7-29-17)25-21(24-14)22-11-23-25/h3-7,10-11,13,20H,8-9H2,1-2H3,(H,22,23,24)/t13-,20+/m1/s1. The lowest BCUT2D eigenvalue weighted by molar-refractivity contribution is -0.116. The van der Waals surface area contributed by atoms with E-state index in [4.69, 9.17) is 13.9 Å². The summed E-state index contributed by atoms with van der Waals surface area (Å²) in [7, 11) is 3.22. The zero-order chi connectivity index (χ0) is 20.0. The average Bonchev–Trinajstić information content (AvgIpc) is 3.43. The topological polar surface area (TPSA) is 91.4 Å². The Labute approximate surface area is 167 Å². The maximum Gasteiger partial charge on any atom is 0.226 e. The molecule has 0 bridgehead atoms. The Hall–Kier alpha value is -3.55. The monoisotopic (exact) mass is 392 g/mol. The summed E-state index contributed by atoms with van der Waals surface area (Å²) in [6.07, 6.45) is 4.17. The van der Waals surface area contributed by atoms with Crippen molar-refractivity contribution < 1.29 is 18.7 Å². The van der Waals surface area contributed by atoms with Gasteiger partial charge in [0, 0.05) is 17.7 Å². The Morgan fingerprint density at radius 3 is 2.79 bits per heavy atom.